The summed E-state index contributed by atoms with van der Waals surface area (Å²) >= 11 is 0. The highest BCUT2D eigenvalue weighted by atomic mass is 16.2. The first-order valence-electron chi connectivity index (χ1n) is 4.89. The number of amides is 2. The molecule has 1 aliphatic heterocycles. The molecule has 1 fully saturated rings. The number of hydrogen-bond donors (Lipinski definition) is 0. The molecule has 1 aromatic heterocycles. The van der Waals surface area contributed by atoms with Crippen molar-refractivity contribution in [3.63, 3.8) is 0 Å². The van der Waals surface area contributed by atoms with Crippen LogP contribution in [0.1, 0.15) is 23.3 Å². The summed E-state index contributed by atoms with van der Waals surface area (Å²) in [5.74, 6) is -0.467. The number of likely N-dealkylation sites (tertiary alicyclic amines) is 1. The van der Waals surface area contributed by atoms with Gasteiger partial charge < -0.3 is 0 Å². The Hall–Kier alpha value is -2.05. The lowest BCUT2D eigenvalue weighted by Crippen LogP contribution is -2.34. The number of nitrogens with zero attached hydrogens (tertiary/aromatic N) is 4. The molecular formula is C9H10N4O3. The van der Waals surface area contributed by atoms with E-state index < -0.39 is 0 Å². The molecule has 2 amide bonds. The van der Waals surface area contributed by atoms with Crippen LogP contribution in [0.25, 0.3) is 0 Å². The van der Waals surface area contributed by atoms with Gasteiger partial charge in [0, 0.05) is 13.0 Å². The Bertz CT molecular complexity index is 440. The van der Waals surface area contributed by atoms with Crippen LogP contribution in [0.2, 0.25) is 0 Å². The van der Waals surface area contributed by atoms with Crippen LogP contribution < -0.4 is 0 Å². The van der Waals surface area contributed by atoms with E-state index in [2.05, 4.69) is 10.3 Å². The van der Waals surface area contributed by atoms with Crippen LogP contribution in [0.5, 0.6) is 0 Å². The van der Waals surface area contributed by atoms with Gasteiger partial charge in [-0.3, -0.25) is 19.3 Å². The minimum atomic E-state index is -0.315. The number of rotatable bonds is 3. The molecular weight excluding hydrogens is 212 g/mol. The highest BCUT2D eigenvalue weighted by Crippen LogP contribution is 2.10. The van der Waals surface area contributed by atoms with Gasteiger partial charge in [-0.1, -0.05) is 5.21 Å². The van der Waals surface area contributed by atoms with E-state index in [-0.39, 0.29) is 24.1 Å². The van der Waals surface area contributed by atoms with Gasteiger partial charge in [-0.25, -0.2) is 4.68 Å². The van der Waals surface area contributed by atoms with Crippen LogP contribution in [0, 0.1) is 0 Å². The number of carbonyl (C=O) groups is 3. The Morgan fingerprint density at radius 1 is 1.56 bits per heavy atom. The molecule has 0 unspecified atom stereocenters. The van der Waals surface area contributed by atoms with Gasteiger partial charge in [-0.05, 0) is 6.42 Å². The second-order valence-corrected chi connectivity index (χ2v) is 3.50. The summed E-state index contributed by atoms with van der Waals surface area (Å²) in [6, 6.07) is 0. The van der Waals surface area contributed by atoms with Crippen molar-refractivity contribution >= 4 is 18.1 Å². The fourth-order valence-corrected chi connectivity index (χ4v) is 1.58. The predicted molar refractivity (Wildman–Crippen MR) is 51.4 cm³/mol. The Morgan fingerprint density at radius 3 is 2.94 bits per heavy atom. The predicted octanol–water partition coefficient (Wildman–Crippen LogP) is -0.760. The molecule has 16 heavy (non-hydrogen) atoms. The summed E-state index contributed by atoms with van der Waals surface area (Å²) in [7, 11) is 0. The van der Waals surface area contributed by atoms with Crippen LogP contribution in [-0.2, 0) is 16.1 Å². The molecule has 2 heterocycles. The molecule has 84 valence electrons. The van der Waals surface area contributed by atoms with Crippen LogP contribution in [0.15, 0.2) is 6.20 Å². The third kappa shape index (κ3) is 1.97. The molecule has 0 spiro atoms. The summed E-state index contributed by atoms with van der Waals surface area (Å²) in [5, 5.41) is 7.12. The van der Waals surface area contributed by atoms with Gasteiger partial charge in [-0.2, -0.15) is 0 Å². The van der Waals surface area contributed by atoms with Crippen molar-refractivity contribution in [2.45, 2.75) is 19.4 Å². The SMILES string of the molecule is O=Cc1cn(CC(=O)N2CCCC2=O)nn1. The standard InChI is InChI=1S/C9H10N4O3/c14-6-7-4-12(11-10-7)5-9(16)13-3-1-2-8(13)15/h4,6H,1-3,5H2. The second kappa shape index (κ2) is 4.21. The average molecular weight is 222 g/mol. The minimum Gasteiger partial charge on any atom is -0.296 e. The molecule has 0 radical (unpaired) electrons. The zero-order valence-corrected chi connectivity index (χ0v) is 8.50. The molecule has 1 saturated heterocycles. The highest BCUT2D eigenvalue weighted by Gasteiger charge is 2.26. The average Bonchev–Trinajstić information content (AvgIpc) is 2.86. The quantitative estimate of drug-likeness (QED) is 0.627. The van der Waals surface area contributed by atoms with Crippen LogP contribution >= 0.6 is 0 Å². The number of carbonyl (C=O) groups excluding carboxylic acids is 3. The monoisotopic (exact) mass is 222 g/mol. The van der Waals surface area contributed by atoms with E-state index in [0.717, 1.165) is 0 Å². The van der Waals surface area contributed by atoms with Gasteiger partial charge >= 0.3 is 0 Å². The van der Waals surface area contributed by atoms with E-state index in [1.54, 1.807) is 0 Å². The largest absolute Gasteiger partial charge is 0.296 e. The molecule has 0 saturated carbocycles. The third-order valence-corrected chi connectivity index (χ3v) is 2.35. The molecule has 1 aromatic rings. The molecule has 1 aliphatic rings. The van der Waals surface area contributed by atoms with Crippen LogP contribution in [0.4, 0.5) is 0 Å². The van der Waals surface area contributed by atoms with E-state index >= 15 is 0 Å². The molecule has 0 N–H and O–H groups in total. The van der Waals surface area contributed by atoms with E-state index in [9.17, 15) is 14.4 Å². The second-order valence-electron chi connectivity index (χ2n) is 3.50. The van der Waals surface area contributed by atoms with Gasteiger partial charge in [0.25, 0.3) is 5.91 Å². The van der Waals surface area contributed by atoms with Crippen molar-refractivity contribution in [2.24, 2.45) is 0 Å². The lowest BCUT2D eigenvalue weighted by Gasteiger charge is -2.12. The van der Waals surface area contributed by atoms with E-state index in [1.165, 1.54) is 15.8 Å². The lowest BCUT2D eigenvalue weighted by atomic mass is 10.4. The van der Waals surface area contributed by atoms with Crippen LogP contribution in [-0.4, -0.2) is 44.5 Å². The number of aldehydes is 1. The van der Waals surface area contributed by atoms with Gasteiger partial charge in [0.1, 0.15) is 12.2 Å². The number of aromatic nitrogens is 3. The first-order chi connectivity index (χ1) is 7.70. The maximum absolute atomic E-state index is 11.7. The maximum Gasteiger partial charge on any atom is 0.250 e. The van der Waals surface area contributed by atoms with Gasteiger partial charge in [0.05, 0.1) is 6.20 Å². The maximum atomic E-state index is 11.7. The smallest absolute Gasteiger partial charge is 0.250 e. The van der Waals surface area contributed by atoms with Gasteiger partial charge in [-0.15, -0.1) is 5.10 Å². The molecule has 0 aromatic carbocycles. The summed E-state index contributed by atoms with van der Waals surface area (Å²) in [5.41, 5.74) is 0.167. The summed E-state index contributed by atoms with van der Waals surface area (Å²) in [6.45, 7) is 0.402. The number of hydrogen-bond acceptors (Lipinski definition) is 5. The van der Waals surface area contributed by atoms with E-state index in [1.807, 2.05) is 0 Å². The zero-order valence-electron chi connectivity index (χ0n) is 8.50. The summed E-state index contributed by atoms with van der Waals surface area (Å²) in [6.07, 6.45) is 3.05. The van der Waals surface area contributed by atoms with E-state index in [4.69, 9.17) is 0 Å². The molecule has 7 heteroatoms. The first-order valence-corrected chi connectivity index (χ1v) is 4.89. The molecule has 0 aliphatic carbocycles. The highest BCUT2D eigenvalue weighted by molar-refractivity contribution is 5.96. The normalized spacial score (nSPS) is 15.5. The third-order valence-electron chi connectivity index (χ3n) is 2.35. The van der Waals surface area contributed by atoms with Crippen LogP contribution in [0.3, 0.4) is 0 Å². The zero-order chi connectivity index (χ0) is 11.5. The topological polar surface area (TPSA) is 85.2 Å². The first kappa shape index (κ1) is 10.5. The van der Waals surface area contributed by atoms with Crippen molar-refractivity contribution < 1.29 is 14.4 Å². The lowest BCUT2D eigenvalue weighted by molar-refractivity contribution is -0.142. The van der Waals surface area contributed by atoms with Crippen molar-refractivity contribution in [3.8, 4) is 0 Å². The Morgan fingerprint density at radius 2 is 2.38 bits per heavy atom. The summed E-state index contributed by atoms with van der Waals surface area (Å²) < 4.78 is 1.25. The summed E-state index contributed by atoms with van der Waals surface area (Å²) in [4.78, 5) is 34.5. The molecule has 2 rings (SSSR count). The van der Waals surface area contributed by atoms with Crippen molar-refractivity contribution in [1.82, 2.24) is 19.9 Å². The van der Waals surface area contributed by atoms with Crippen molar-refractivity contribution in [1.29, 1.82) is 0 Å². The Balaban J connectivity index is 2.01. The van der Waals surface area contributed by atoms with Crippen molar-refractivity contribution in [2.75, 3.05) is 6.54 Å². The van der Waals surface area contributed by atoms with Gasteiger partial charge in [0.15, 0.2) is 6.29 Å². The molecule has 7 nitrogen and oxygen atoms in total. The fraction of sp³-hybridized carbons (Fsp3) is 0.444. The number of imide groups is 1. The minimum absolute atomic E-state index is 0.0629. The van der Waals surface area contributed by atoms with Gasteiger partial charge in [0.2, 0.25) is 5.91 Å². The van der Waals surface area contributed by atoms with E-state index in [0.29, 0.717) is 25.7 Å². The molecule has 0 bridgehead atoms. The van der Waals surface area contributed by atoms with Crippen molar-refractivity contribution in [3.05, 3.63) is 11.9 Å². The Labute approximate surface area is 91.0 Å². The fourth-order valence-electron chi connectivity index (χ4n) is 1.58. The Kier molecular flexibility index (Phi) is 2.76. The molecule has 0 atom stereocenters.